The van der Waals surface area contributed by atoms with Crippen molar-refractivity contribution in [1.29, 1.82) is 0 Å². The summed E-state index contributed by atoms with van der Waals surface area (Å²) >= 11 is 0. The lowest BCUT2D eigenvalue weighted by atomic mass is 9.92. The molecule has 1 heterocycles. The van der Waals surface area contributed by atoms with Crippen molar-refractivity contribution < 1.29 is 9.90 Å². The number of likely N-dealkylation sites (N-methyl/N-ethyl adjacent to an activating group) is 1. The second kappa shape index (κ2) is 5.36. The number of rotatable bonds is 4. The lowest BCUT2D eigenvalue weighted by Gasteiger charge is -2.51. The van der Waals surface area contributed by atoms with Crippen molar-refractivity contribution in [1.82, 2.24) is 9.80 Å². The van der Waals surface area contributed by atoms with Crippen molar-refractivity contribution in [3.63, 3.8) is 0 Å². The van der Waals surface area contributed by atoms with Crippen LogP contribution in [0.3, 0.4) is 0 Å². The molecule has 1 atom stereocenters. The Morgan fingerprint density at radius 1 is 1.47 bits per heavy atom. The first-order valence-electron chi connectivity index (χ1n) is 6.43. The topological polar surface area (TPSA) is 43.8 Å². The van der Waals surface area contributed by atoms with Crippen LogP contribution in [-0.4, -0.2) is 58.6 Å². The predicted molar refractivity (Wildman–Crippen MR) is 69.2 cm³/mol. The number of nitrogens with zero attached hydrogens (tertiary/aromatic N) is 2. The molecule has 1 aliphatic heterocycles. The Kier molecular flexibility index (Phi) is 4.55. The maximum Gasteiger partial charge on any atom is 0.303 e. The molecule has 4 nitrogen and oxygen atoms in total. The van der Waals surface area contributed by atoms with Crippen LogP contribution in [0.5, 0.6) is 0 Å². The van der Waals surface area contributed by atoms with Gasteiger partial charge in [-0.3, -0.25) is 14.6 Å². The van der Waals surface area contributed by atoms with Crippen LogP contribution in [0.15, 0.2) is 0 Å². The van der Waals surface area contributed by atoms with Gasteiger partial charge in [0.15, 0.2) is 0 Å². The molecule has 0 aromatic heterocycles. The summed E-state index contributed by atoms with van der Waals surface area (Å²) in [6.07, 6.45) is 0.996. The molecule has 4 heteroatoms. The Bertz CT molecular complexity index is 277. The van der Waals surface area contributed by atoms with Crippen LogP contribution in [0.4, 0.5) is 0 Å². The molecule has 1 saturated heterocycles. The van der Waals surface area contributed by atoms with Crippen LogP contribution >= 0.6 is 0 Å². The molecule has 1 fully saturated rings. The zero-order valence-corrected chi connectivity index (χ0v) is 11.7. The van der Waals surface area contributed by atoms with E-state index in [0.717, 1.165) is 19.5 Å². The first-order chi connectivity index (χ1) is 7.74. The molecule has 1 rings (SSSR count). The van der Waals surface area contributed by atoms with Gasteiger partial charge in [-0.15, -0.1) is 0 Å². The zero-order valence-electron chi connectivity index (χ0n) is 11.7. The molecule has 0 aromatic rings. The molecule has 100 valence electrons. The van der Waals surface area contributed by atoms with Crippen LogP contribution < -0.4 is 0 Å². The summed E-state index contributed by atoms with van der Waals surface area (Å²) in [7, 11) is 2.12. The second-order valence-corrected chi connectivity index (χ2v) is 6.03. The molecule has 1 unspecified atom stereocenters. The fourth-order valence-corrected chi connectivity index (χ4v) is 2.53. The van der Waals surface area contributed by atoms with Gasteiger partial charge in [-0.25, -0.2) is 0 Å². The Hall–Kier alpha value is -0.610. The maximum absolute atomic E-state index is 10.7. The number of piperazine rings is 1. The third kappa shape index (κ3) is 3.68. The van der Waals surface area contributed by atoms with Gasteiger partial charge in [0.25, 0.3) is 0 Å². The smallest absolute Gasteiger partial charge is 0.303 e. The van der Waals surface area contributed by atoms with Crippen molar-refractivity contribution in [2.24, 2.45) is 0 Å². The summed E-state index contributed by atoms with van der Waals surface area (Å²) in [6.45, 7) is 10.9. The highest BCUT2D eigenvalue weighted by molar-refractivity contribution is 5.66. The van der Waals surface area contributed by atoms with Crippen LogP contribution in [0.2, 0.25) is 0 Å². The number of carboxylic acids is 1. The summed E-state index contributed by atoms with van der Waals surface area (Å²) in [5.74, 6) is -0.696. The van der Waals surface area contributed by atoms with Crippen LogP contribution in [-0.2, 0) is 4.79 Å². The van der Waals surface area contributed by atoms with Gasteiger partial charge in [-0.1, -0.05) is 0 Å². The number of aliphatic carboxylic acids is 1. The van der Waals surface area contributed by atoms with E-state index in [0.29, 0.717) is 12.1 Å². The lowest BCUT2D eigenvalue weighted by molar-refractivity contribution is -0.137. The average molecular weight is 242 g/mol. The van der Waals surface area contributed by atoms with Crippen LogP contribution in [0, 0.1) is 0 Å². The monoisotopic (exact) mass is 242 g/mol. The van der Waals surface area contributed by atoms with E-state index >= 15 is 0 Å². The number of carboxylic acid groups (broad SMARTS) is 1. The van der Waals surface area contributed by atoms with Crippen molar-refractivity contribution in [3.05, 3.63) is 0 Å². The van der Waals surface area contributed by atoms with Crippen molar-refractivity contribution >= 4 is 5.97 Å². The molecule has 0 bridgehead atoms. The van der Waals surface area contributed by atoms with E-state index < -0.39 is 5.97 Å². The van der Waals surface area contributed by atoms with Crippen LogP contribution in [0.25, 0.3) is 0 Å². The quantitative estimate of drug-likeness (QED) is 0.814. The molecule has 0 spiro atoms. The highest BCUT2D eigenvalue weighted by Crippen LogP contribution is 2.26. The van der Waals surface area contributed by atoms with Crippen molar-refractivity contribution in [2.45, 2.75) is 58.2 Å². The molecule has 0 amide bonds. The molecule has 0 aromatic carbocycles. The SMILES string of the molecule is CC(C)N1CC(CCC(=O)O)N(C)C(C)(C)C1. The van der Waals surface area contributed by atoms with E-state index in [1.807, 2.05) is 0 Å². The summed E-state index contributed by atoms with van der Waals surface area (Å²) in [6, 6.07) is 0.868. The van der Waals surface area contributed by atoms with Gasteiger partial charge in [0.2, 0.25) is 0 Å². The minimum atomic E-state index is -0.696. The largest absolute Gasteiger partial charge is 0.481 e. The van der Waals surface area contributed by atoms with E-state index in [2.05, 4.69) is 44.5 Å². The highest BCUT2D eigenvalue weighted by atomic mass is 16.4. The molecule has 1 N–H and O–H groups in total. The Balaban J connectivity index is 2.70. The fraction of sp³-hybridized carbons (Fsp3) is 0.923. The molecule has 0 aliphatic carbocycles. The van der Waals surface area contributed by atoms with Gasteiger partial charge in [-0.2, -0.15) is 0 Å². The molecular formula is C13H26N2O2. The number of carbonyl (C=O) groups is 1. The fourth-order valence-electron chi connectivity index (χ4n) is 2.53. The molecule has 1 aliphatic rings. The van der Waals surface area contributed by atoms with Gasteiger partial charge in [0.05, 0.1) is 0 Å². The van der Waals surface area contributed by atoms with E-state index in [1.54, 1.807) is 0 Å². The minimum absolute atomic E-state index is 0.117. The Morgan fingerprint density at radius 3 is 2.53 bits per heavy atom. The minimum Gasteiger partial charge on any atom is -0.481 e. The summed E-state index contributed by atoms with van der Waals surface area (Å²) in [5.41, 5.74) is 0.117. The van der Waals surface area contributed by atoms with E-state index in [-0.39, 0.29) is 12.0 Å². The number of hydrogen-bond donors (Lipinski definition) is 1. The van der Waals surface area contributed by atoms with Gasteiger partial charge in [0.1, 0.15) is 0 Å². The normalized spacial score (nSPS) is 26.4. The van der Waals surface area contributed by atoms with Gasteiger partial charge in [-0.05, 0) is 41.2 Å². The van der Waals surface area contributed by atoms with Gasteiger partial charge < -0.3 is 5.11 Å². The summed E-state index contributed by atoms with van der Waals surface area (Å²) in [4.78, 5) is 15.5. The van der Waals surface area contributed by atoms with Gasteiger partial charge >= 0.3 is 5.97 Å². The van der Waals surface area contributed by atoms with Crippen LogP contribution in [0.1, 0.15) is 40.5 Å². The lowest BCUT2D eigenvalue weighted by Crippen LogP contribution is -2.63. The Labute approximate surface area is 105 Å². The first kappa shape index (κ1) is 14.5. The van der Waals surface area contributed by atoms with Gasteiger partial charge in [0, 0.05) is 37.1 Å². The standard InChI is InChI=1S/C13H26N2O2/c1-10(2)15-8-11(6-7-12(16)17)14(5)13(3,4)9-15/h10-11H,6-9H2,1-5H3,(H,16,17). The van der Waals surface area contributed by atoms with Crippen molar-refractivity contribution in [2.75, 3.05) is 20.1 Å². The molecule has 17 heavy (non-hydrogen) atoms. The molecule has 0 saturated carbocycles. The first-order valence-corrected chi connectivity index (χ1v) is 6.43. The summed E-state index contributed by atoms with van der Waals surface area (Å²) in [5, 5.41) is 8.80. The summed E-state index contributed by atoms with van der Waals surface area (Å²) < 4.78 is 0. The maximum atomic E-state index is 10.7. The van der Waals surface area contributed by atoms with E-state index in [9.17, 15) is 4.79 Å². The average Bonchev–Trinajstić information content (AvgIpc) is 2.19. The van der Waals surface area contributed by atoms with E-state index in [1.165, 1.54) is 0 Å². The second-order valence-electron chi connectivity index (χ2n) is 6.03. The third-order valence-electron chi connectivity index (χ3n) is 3.96. The highest BCUT2D eigenvalue weighted by Gasteiger charge is 2.37. The van der Waals surface area contributed by atoms with E-state index in [4.69, 9.17) is 5.11 Å². The Morgan fingerprint density at radius 2 is 2.06 bits per heavy atom. The van der Waals surface area contributed by atoms with Crippen molar-refractivity contribution in [3.8, 4) is 0 Å². The number of hydrogen-bond acceptors (Lipinski definition) is 3. The predicted octanol–water partition coefficient (Wildman–Crippen LogP) is 1.65. The third-order valence-corrected chi connectivity index (χ3v) is 3.96. The molecule has 0 radical (unpaired) electrons. The zero-order chi connectivity index (χ0) is 13.2. The molecular weight excluding hydrogens is 216 g/mol.